The van der Waals surface area contributed by atoms with Crippen LogP contribution in [0.3, 0.4) is 0 Å². The van der Waals surface area contributed by atoms with Crippen molar-refractivity contribution in [1.29, 1.82) is 0 Å². The molecule has 9 heteroatoms. The molecule has 0 fully saturated rings. The van der Waals surface area contributed by atoms with Crippen molar-refractivity contribution in [3.8, 4) is 11.5 Å². The van der Waals surface area contributed by atoms with Gasteiger partial charge in [0.1, 0.15) is 5.82 Å². The Hall–Kier alpha value is -3.33. The first-order valence-electron chi connectivity index (χ1n) is 8.44. The van der Waals surface area contributed by atoms with Crippen molar-refractivity contribution in [1.82, 2.24) is 9.97 Å². The molecule has 1 aromatic heterocycles. The lowest BCUT2D eigenvalue weighted by Crippen LogP contribution is -2.13. The highest BCUT2D eigenvalue weighted by Gasteiger charge is 2.18. The highest BCUT2D eigenvalue weighted by molar-refractivity contribution is 7.90. The van der Waals surface area contributed by atoms with Crippen molar-refractivity contribution in [2.24, 2.45) is 0 Å². The minimum atomic E-state index is -3.24. The summed E-state index contributed by atoms with van der Waals surface area (Å²) in [5.74, 6) is 2.38. The van der Waals surface area contributed by atoms with Gasteiger partial charge in [-0.1, -0.05) is 6.07 Å². The molecule has 0 unspecified atom stereocenters. The highest BCUT2D eigenvalue weighted by atomic mass is 32.2. The number of ether oxygens (including phenoxy) is 2. The van der Waals surface area contributed by atoms with Crippen LogP contribution in [-0.2, 0) is 9.84 Å². The molecule has 0 saturated carbocycles. The van der Waals surface area contributed by atoms with Crippen LogP contribution in [0.2, 0.25) is 0 Å². The summed E-state index contributed by atoms with van der Waals surface area (Å²) in [6, 6.07) is 13.9. The number of sulfone groups is 1. The number of hydrogen-bond donors (Lipinski definition) is 1. The number of rotatable bonds is 5. The number of nitrogens with one attached hydrogen (secondary N) is 1. The van der Waals surface area contributed by atoms with E-state index in [-0.39, 0.29) is 11.7 Å². The van der Waals surface area contributed by atoms with Gasteiger partial charge in [-0.2, -0.15) is 4.98 Å². The van der Waals surface area contributed by atoms with E-state index >= 15 is 0 Å². The van der Waals surface area contributed by atoms with E-state index in [2.05, 4.69) is 15.3 Å². The van der Waals surface area contributed by atoms with Crippen LogP contribution in [0.5, 0.6) is 11.5 Å². The highest BCUT2D eigenvalue weighted by Crippen LogP contribution is 2.40. The molecule has 8 nitrogen and oxygen atoms in total. The smallest absolute Gasteiger partial charge is 0.231 e. The summed E-state index contributed by atoms with van der Waals surface area (Å²) in [4.78, 5) is 10.9. The maximum Gasteiger partial charge on any atom is 0.231 e. The summed E-state index contributed by atoms with van der Waals surface area (Å²) in [7, 11) is -1.43. The molecular weight excluding hydrogens is 380 g/mol. The topological polar surface area (TPSA) is 93.7 Å². The molecule has 0 radical (unpaired) electrons. The zero-order valence-electron chi connectivity index (χ0n) is 15.3. The minimum absolute atomic E-state index is 0.190. The molecule has 1 aliphatic rings. The predicted molar refractivity (Wildman–Crippen MR) is 105 cm³/mol. The van der Waals surface area contributed by atoms with E-state index in [4.69, 9.17) is 9.47 Å². The third-order valence-electron chi connectivity index (χ3n) is 4.25. The maximum atomic E-state index is 11.6. The summed E-state index contributed by atoms with van der Waals surface area (Å²) >= 11 is 0. The van der Waals surface area contributed by atoms with E-state index in [0.717, 1.165) is 11.4 Å². The first kappa shape index (κ1) is 18.1. The lowest BCUT2D eigenvalue weighted by Gasteiger charge is -2.18. The van der Waals surface area contributed by atoms with Crippen LogP contribution in [0.25, 0.3) is 0 Å². The second-order valence-corrected chi connectivity index (χ2v) is 8.25. The molecule has 0 amide bonds. The van der Waals surface area contributed by atoms with Crippen LogP contribution in [0.1, 0.15) is 0 Å². The summed E-state index contributed by atoms with van der Waals surface area (Å²) in [5, 5.41) is 3.22. The number of hydrogen-bond acceptors (Lipinski definition) is 8. The third kappa shape index (κ3) is 3.56. The third-order valence-corrected chi connectivity index (χ3v) is 5.38. The zero-order chi connectivity index (χ0) is 19.7. The second kappa shape index (κ2) is 7.01. The molecule has 28 heavy (non-hydrogen) atoms. The average Bonchev–Trinajstić information content (AvgIpc) is 3.17. The predicted octanol–water partition coefficient (Wildman–Crippen LogP) is 3.12. The number of nitrogens with zero attached hydrogens (tertiary/aromatic N) is 3. The molecule has 2 heterocycles. The Balaban J connectivity index is 1.58. The Labute approximate surface area is 162 Å². The molecule has 0 atom stereocenters. The molecule has 4 rings (SSSR count). The lowest BCUT2D eigenvalue weighted by atomic mass is 10.2. The Morgan fingerprint density at radius 3 is 2.61 bits per heavy atom. The van der Waals surface area contributed by atoms with Crippen molar-refractivity contribution in [2.45, 2.75) is 4.90 Å². The molecule has 0 aliphatic carbocycles. The van der Waals surface area contributed by atoms with Gasteiger partial charge in [0.2, 0.25) is 12.7 Å². The summed E-state index contributed by atoms with van der Waals surface area (Å²) in [5.41, 5.74) is 1.52. The van der Waals surface area contributed by atoms with E-state index in [9.17, 15) is 8.42 Å². The SMILES string of the molecule is CN(c1ccc(S(C)(=O)=O)cc1)c1nccc(Nc2cccc3c2OCO3)n1. The van der Waals surface area contributed by atoms with E-state index < -0.39 is 9.84 Å². The molecule has 3 aromatic rings. The van der Waals surface area contributed by atoms with Gasteiger partial charge in [0, 0.05) is 25.2 Å². The van der Waals surface area contributed by atoms with Gasteiger partial charge in [-0.15, -0.1) is 0 Å². The van der Waals surface area contributed by atoms with E-state index in [0.29, 0.717) is 23.3 Å². The van der Waals surface area contributed by atoms with E-state index in [1.54, 1.807) is 41.4 Å². The molecular formula is C19H18N4O4S. The quantitative estimate of drug-likeness (QED) is 0.701. The van der Waals surface area contributed by atoms with Crippen molar-refractivity contribution in [3.63, 3.8) is 0 Å². The van der Waals surface area contributed by atoms with Gasteiger partial charge in [0.15, 0.2) is 21.3 Å². The first-order valence-corrected chi connectivity index (χ1v) is 10.3. The maximum absolute atomic E-state index is 11.6. The Morgan fingerprint density at radius 2 is 1.86 bits per heavy atom. The molecule has 0 bridgehead atoms. The van der Waals surface area contributed by atoms with Crippen LogP contribution in [-0.4, -0.2) is 38.5 Å². The first-order chi connectivity index (χ1) is 13.4. The van der Waals surface area contributed by atoms with Crippen molar-refractivity contribution >= 4 is 33.0 Å². The van der Waals surface area contributed by atoms with Gasteiger partial charge in [0.05, 0.1) is 10.6 Å². The lowest BCUT2D eigenvalue weighted by molar-refractivity contribution is 0.174. The van der Waals surface area contributed by atoms with Crippen molar-refractivity contribution < 1.29 is 17.9 Å². The van der Waals surface area contributed by atoms with Crippen LogP contribution in [0.15, 0.2) is 59.6 Å². The summed E-state index contributed by atoms with van der Waals surface area (Å²) in [6.45, 7) is 0.190. The van der Waals surface area contributed by atoms with Crippen molar-refractivity contribution in [2.75, 3.05) is 30.3 Å². The second-order valence-electron chi connectivity index (χ2n) is 6.23. The fourth-order valence-corrected chi connectivity index (χ4v) is 3.41. The number of benzene rings is 2. The van der Waals surface area contributed by atoms with E-state index in [1.165, 1.54) is 6.26 Å². The van der Waals surface area contributed by atoms with Crippen LogP contribution in [0.4, 0.5) is 23.1 Å². The monoisotopic (exact) mass is 398 g/mol. The normalized spacial score (nSPS) is 12.6. The van der Waals surface area contributed by atoms with Crippen LogP contribution >= 0.6 is 0 Å². The largest absolute Gasteiger partial charge is 0.454 e. The fraction of sp³-hybridized carbons (Fsp3) is 0.158. The Bertz CT molecular complexity index is 1120. The molecule has 1 aliphatic heterocycles. The van der Waals surface area contributed by atoms with E-state index in [1.807, 2.05) is 25.2 Å². The standard InChI is InChI=1S/C19H18N4O4S/c1-23(13-6-8-14(9-7-13)28(2,24)25)19-20-11-10-17(22-19)21-15-4-3-5-16-18(15)27-12-26-16/h3-11H,12H2,1-2H3,(H,20,21,22). The van der Waals surface area contributed by atoms with Crippen LogP contribution < -0.4 is 19.7 Å². The average molecular weight is 398 g/mol. The zero-order valence-corrected chi connectivity index (χ0v) is 16.1. The molecule has 1 N–H and O–H groups in total. The Morgan fingerprint density at radius 1 is 1.07 bits per heavy atom. The molecule has 0 saturated heterocycles. The number of aromatic nitrogens is 2. The van der Waals surface area contributed by atoms with Crippen molar-refractivity contribution in [3.05, 3.63) is 54.7 Å². The summed E-state index contributed by atoms with van der Waals surface area (Å²) < 4.78 is 34.1. The minimum Gasteiger partial charge on any atom is -0.454 e. The number of fused-ring (bicyclic) bond motifs is 1. The van der Waals surface area contributed by atoms with Crippen LogP contribution in [0, 0.1) is 0 Å². The van der Waals surface area contributed by atoms with Gasteiger partial charge < -0.3 is 19.7 Å². The van der Waals surface area contributed by atoms with Gasteiger partial charge in [0.25, 0.3) is 0 Å². The molecule has 0 spiro atoms. The van der Waals surface area contributed by atoms with Gasteiger partial charge in [-0.05, 0) is 42.5 Å². The van der Waals surface area contributed by atoms with Gasteiger partial charge in [-0.3, -0.25) is 0 Å². The number of anilines is 4. The summed E-state index contributed by atoms with van der Waals surface area (Å²) in [6.07, 6.45) is 2.83. The molecule has 2 aromatic carbocycles. The Kier molecular flexibility index (Phi) is 4.52. The van der Waals surface area contributed by atoms with Gasteiger partial charge >= 0.3 is 0 Å². The molecule has 144 valence electrons. The van der Waals surface area contributed by atoms with Gasteiger partial charge in [-0.25, -0.2) is 13.4 Å². The fourth-order valence-electron chi connectivity index (χ4n) is 2.78. The number of para-hydroxylation sites is 1.